The summed E-state index contributed by atoms with van der Waals surface area (Å²) >= 11 is 0. The van der Waals surface area contributed by atoms with Crippen molar-refractivity contribution in [3.05, 3.63) is 59.8 Å². The van der Waals surface area contributed by atoms with E-state index in [4.69, 9.17) is 4.74 Å². The van der Waals surface area contributed by atoms with Gasteiger partial charge in [0.15, 0.2) is 0 Å². The fraction of sp³-hybridized carbons (Fsp3) is 0.318. The van der Waals surface area contributed by atoms with Crippen LogP contribution in [-0.4, -0.2) is 36.7 Å². The van der Waals surface area contributed by atoms with Gasteiger partial charge in [-0.05, 0) is 61.2 Å². The van der Waals surface area contributed by atoms with E-state index in [9.17, 15) is 9.59 Å². The molecule has 2 amide bonds. The minimum atomic E-state index is -0.377. The predicted octanol–water partition coefficient (Wildman–Crippen LogP) is 3.58. The Morgan fingerprint density at radius 3 is 2.66 bits per heavy atom. The van der Waals surface area contributed by atoms with Crippen molar-refractivity contribution in [2.24, 2.45) is 0 Å². The Kier molecular flexibility index (Phi) is 7.22. The number of carbonyl (C=O) groups excluding carboxylic acids is 2. The fourth-order valence-corrected chi connectivity index (χ4v) is 3.08. The topological polar surface area (TPSA) is 83.6 Å². The van der Waals surface area contributed by atoms with Crippen molar-refractivity contribution in [3.63, 3.8) is 0 Å². The molecule has 152 valence electrons. The van der Waals surface area contributed by atoms with Crippen LogP contribution in [0.1, 0.15) is 30.9 Å². The zero-order valence-corrected chi connectivity index (χ0v) is 16.6. The van der Waals surface area contributed by atoms with Crippen LogP contribution in [0.25, 0.3) is 6.08 Å². The molecule has 1 aliphatic heterocycles. The molecule has 0 unspecified atom stereocenters. The molecule has 0 spiro atoms. The first-order valence-corrected chi connectivity index (χ1v) is 9.83. The molecule has 2 N–H and O–H groups in total. The molecule has 2 heterocycles. The highest BCUT2D eigenvalue weighted by Crippen LogP contribution is 2.18. The van der Waals surface area contributed by atoms with Crippen LogP contribution in [0.2, 0.25) is 0 Å². The largest absolute Gasteiger partial charge is 0.463 e. The monoisotopic (exact) mass is 394 g/mol. The van der Waals surface area contributed by atoms with E-state index in [0.717, 1.165) is 30.0 Å². The normalized spacial score (nSPS) is 13.5. The lowest BCUT2D eigenvalue weighted by Crippen LogP contribution is -2.28. The Morgan fingerprint density at radius 1 is 1.17 bits per heavy atom. The first-order valence-electron chi connectivity index (χ1n) is 9.83. The third-order valence-corrected chi connectivity index (χ3v) is 4.56. The lowest BCUT2D eigenvalue weighted by Gasteiger charge is -2.17. The summed E-state index contributed by atoms with van der Waals surface area (Å²) in [5, 5.41) is 5.66. The van der Waals surface area contributed by atoms with Crippen LogP contribution < -0.4 is 15.5 Å². The molecule has 3 rings (SSSR count). The van der Waals surface area contributed by atoms with Crippen LogP contribution in [0.5, 0.6) is 0 Å². The number of hydrogen-bond acceptors (Lipinski definition) is 5. The highest BCUT2D eigenvalue weighted by molar-refractivity contribution is 5.90. The van der Waals surface area contributed by atoms with Crippen LogP contribution in [0.4, 0.5) is 16.3 Å². The van der Waals surface area contributed by atoms with E-state index in [1.54, 1.807) is 31.3 Å². The first-order chi connectivity index (χ1) is 14.1. The van der Waals surface area contributed by atoms with Crippen LogP contribution in [-0.2, 0) is 16.1 Å². The number of hydrogen-bond donors (Lipinski definition) is 2. The minimum absolute atomic E-state index is 0.278. The summed E-state index contributed by atoms with van der Waals surface area (Å²) < 4.78 is 4.84. The molecule has 7 heteroatoms. The van der Waals surface area contributed by atoms with Gasteiger partial charge in [0.1, 0.15) is 5.82 Å². The summed E-state index contributed by atoms with van der Waals surface area (Å²) in [4.78, 5) is 30.2. The van der Waals surface area contributed by atoms with Gasteiger partial charge in [0.2, 0.25) is 0 Å². The highest BCUT2D eigenvalue weighted by Gasteiger charge is 2.13. The van der Waals surface area contributed by atoms with Crippen LogP contribution in [0.3, 0.4) is 0 Å². The van der Waals surface area contributed by atoms with E-state index in [-0.39, 0.29) is 12.0 Å². The maximum atomic E-state index is 12.2. The second-order valence-corrected chi connectivity index (χ2v) is 6.73. The fourth-order valence-electron chi connectivity index (χ4n) is 3.08. The van der Waals surface area contributed by atoms with Crippen LogP contribution in [0, 0.1) is 0 Å². The van der Waals surface area contributed by atoms with Crippen molar-refractivity contribution in [1.29, 1.82) is 0 Å². The molecular weight excluding hydrogens is 368 g/mol. The molecule has 0 radical (unpaired) electrons. The van der Waals surface area contributed by atoms with Gasteiger partial charge < -0.3 is 20.3 Å². The average molecular weight is 394 g/mol. The maximum absolute atomic E-state index is 12.2. The number of carbonyl (C=O) groups is 2. The number of nitrogens with one attached hydrogen (secondary N) is 2. The SMILES string of the molecule is CCOC(=O)C=Cc1ccc(NC(=O)NCc2ccnc(N3CCCC3)c2)cc1. The summed E-state index contributed by atoms with van der Waals surface area (Å²) in [6.07, 6.45) is 7.23. The number of esters is 1. The zero-order chi connectivity index (χ0) is 20.5. The molecule has 1 saturated heterocycles. The van der Waals surface area contributed by atoms with E-state index >= 15 is 0 Å². The lowest BCUT2D eigenvalue weighted by molar-refractivity contribution is -0.137. The van der Waals surface area contributed by atoms with Crippen LogP contribution >= 0.6 is 0 Å². The van der Waals surface area contributed by atoms with Gasteiger partial charge in [0, 0.05) is 37.6 Å². The lowest BCUT2D eigenvalue weighted by atomic mass is 10.2. The molecule has 1 fully saturated rings. The Hall–Kier alpha value is -3.35. The van der Waals surface area contributed by atoms with E-state index in [1.807, 2.05) is 24.3 Å². The summed E-state index contributed by atoms with van der Waals surface area (Å²) in [5.41, 5.74) is 2.52. The number of anilines is 2. The second-order valence-electron chi connectivity index (χ2n) is 6.73. The minimum Gasteiger partial charge on any atom is -0.463 e. The number of urea groups is 1. The van der Waals surface area contributed by atoms with E-state index in [0.29, 0.717) is 18.8 Å². The summed E-state index contributed by atoms with van der Waals surface area (Å²) in [6, 6.07) is 10.8. The van der Waals surface area contributed by atoms with Gasteiger partial charge in [-0.15, -0.1) is 0 Å². The molecule has 0 aliphatic carbocycles. The van der Waals surface area contributed by atoms with Gasteiger partial charge in [-0.3, -0.25) is 0 Å². The maximum Gasteiger partial charge on any atom is 0.330 e. The van der Waals surface area contributed by atoms with Gasteiger partial charge in [0.25, 0.3) is 0 Å². The van der Waals surface area contributed by atoms with E-state index in [2.05, 4.69) is 20.5 Å². The Labute approximate surface area is 170 Å². The Balaban J connectivity index is 1.48. The number of aromatic nitrogens is 1. The summed E-state index contributed by atoms with van der Waals surface area (Å²) in [7, 11) is 0. The van der Waals surface area contributed by atoms with Crippen molar-refractivity contribution >= 4 is 29.6 Å². The molecule has 0 saturated carbocycles. The standard InChI is InChI=1S/C22H26N4O3/c1-2-29-21(27)10-7-17-5-8-19(9-6-17)25-22(28)24-16-18-11-12-23-20(15-18)26-13-3-4-14-26/h5-12,15H,2-4,13-14,16H2,1H3,(H2,24,25,28). The smallest absolute Gasteiger partial charge is 0.330 e. The van der Waals surface area contributed by atoms with Gasteiger partial charge >= 0.3 is 12.0 Å². The number of nitrogens with zero attached hydrogens (tertiary/aromatic N) is 2. The molecule has 1 aromatic carbocycles. The molecule has 29 heavy (non-hydrogen) atoms. The predicted molar refractivity (Wildman–Crippen MR) is 114 cm³/mol. The first kappa shape index (κ1) is 20.4. The molecule has 1 aliphatic rings. The third kappa shape index (κ3) is 6.34. The number of benzene rings is 1. The van der Waals surface area contributed by atoms with Gasteiger partial charge in [-0.25, -0.2) is 14.6 Å². The zero-order valence-electron chi connectivity index (χ0n) is 16.6. The quantitative estimate of drug-likeness (QED) is 0.554. The molecule has 7 nitrogen and oxygen atoms in total. The number of rotatable bonds is 7. The second kappa shape index (κ2) is 10.3. The number of amides is 2. The Bertz CT molecular complexity index is 859. The van der Waals surface area contributed by atoms with E-state index in [1.165, 1.54) is 18.9 Å². The average Bonchev–Trinajstić information content (AvgIpc) is 3.27. The highest BCUT2D eigenvalue weighted by atomic mass is 16.5. The van der Waals surface area contributed by atoms with E-state index < -0.39 is 0 Å². The molecule has 0 bridgehead atoms. The van der Waals surface area contributed by atoms with Crippen molar-refractivity contribution in [1.82, 2.24) is 10.3 Å². The van der Waals surface area contributed by atoms with Crippen LogP contribution in [0.15, 0.2) is 48.7 Å². The van der Waals surface area contributed by atoms with Gasteiger partial charge in [-0.1, -0.05) is 12.1 Å². The Morgan fingerprint density at radius 2 is 1.93 bits per heavy atom. The van der Waals surface area contributed by atoms with Crippen molar-refractivity contribution in [2.75, 3.05) is 29.9 Å². The molecule has 1 aromatic heterocycles. The molecule has 0 atom stereocenters. The van der Waals surface area contributed by atoms with Gasteiger partial charge in [-0.2, -0.15) is 0 Å². The molecular formula is C22H26N4O3. The van der Waals surface area contributed by atoms with Gasteiger partial charge in [0.05, 0.1) is 6.61 Å². The van der Waals surface area contributed by atoms with Crippen molar-refractivity contribution in [3.8, 4) is 0 Å². The number of ether oxygens (including phenoxy) is 1. The van der Waals surface area contributed by atoms with Crippen molar-refractivity contribution < 1.29 is 14.3 Å². The summed E-state index contributed by atoms with van der Waals surface area (Å²) in [5.74, 6) is 0.590. The third-order valence-electron chi connectivity index (χ3n) is 4.56. The number of pyridine rings is 1. The van der Waals surface area contributed by atoms with Crippen molar-refractivity contribution in [2.45, 2.75) is 26.3 Å². The molecule has 2 aromatic rings. The summed E-state index contributed by atoms with van der Waals surface area (Å²) in [6.45, 7) is 4.61.